The van der Waals surface area contributed by atoms with Gasteiger partial charge in [-0.15, -0.1) is 0 Å². The van der Waals surface area contributed by atoms with Gasteiger partial charge in [-0.25, -0.2) is 4.79 Å². The average molecular weight is 282 g/mol. The lowest BCUT2D eigenvalue weighted by Crippen LogP contribution is -2.34. The molecule has 0 aliphatic carbocycles. The first-order valence-electron chi connectivity index (χ1n) is 8.58. The smallest absolute Gasteiger partial charge is 0.417 e. The van der Waals surface area contributed by atoms with Crippen molar-refractivity contribution in [3.8, 4) is 0 Å². The van der Waals surface area contributed by atoms with E-state index in [4.69, 9.17) is 0 Å². The Morgan fingerprint density at radius 2 is 1.80 bits per heavy atom. The molecule has 0 spiro atoms. The highest BCUT2D eigenvalue weighted by atomic mass is 16.5. The summed E-state index contributed by atoms with van der Waals surface area (Å²) in [5.74, 6) is 0.931. The van der Waals surface area contributed by atoms with Gasteiger partial charge in [-0.3, -0.25) is 0 Å². The third kappa shape index (κ3) is 8.57. The van der Waals surface area contributed by atoms with Gasteiger partial charge < -0.3 is 9.64 Å². The number of nitrogens with zero attached hydrogens (tertiary/aromatic N) is 1. The number of rotatable bonds is 12. The van der Waals surface area contributed by atoms with Crippen LogP contribution < -0.4 is 0 Å². The lowest BCUT2D eigenvalue weighted by atomic mass is 9.91. The quantitative estimate of drug-likeness (QED) is 0.508. The molecule has 0 amide bonds. The molecule has 1 fully saturated rings. The minimum Gasteiger partial charge on any atom is -0.457 e. The summed E-state index contributed by atoms with van der Waals surface area (Å²) in [5, 5.41) is 0. The number of piperidine rings is 1. The van der Waals surface area contributed by atoms with E-state index in [1.165, 1.54) is 83.9 Å². The van der Waals surface area contributed by atoms with Gasteiger partial charge in [-0.05, 0) is 51.2 Å². The Hall–Kier alpha value is -0.570. The van der Waals surface area contributed by atoms with Crippen LogP contribution in [0.15, 0.2) is 0 Å². The monoisotopic (exact) mass is 282 g/mol. The van der Waals surface area contributed by atoms with Crippen molar-refractivity contribution in [1.29, 1.82) is 0 Å². The Balaban J connectivity index is 1.92. The Kier molecular flexibility index (Phi) is 10.7. The molecule has 117 valence electrons. The minimum absolute atomic E-state index is 0.541. The highest BCUT2D eigenvalue weighted by Crippen LogP contribution is 2.23. The molecule has 20 heavy (non-hydrogen) atoms. The molecule has 0 aromatic carbocycles. The standard InChI is InChI=1S/C17H32NO2/c1-2-3-4-7-12-18-13-10-17(11-14-18)9-6-5-8-15-20-16-19/h17H,2-15H2,1H3. The van der Waals surface area contributed by atoms with Crippen LogP contribution >= 0.6 is 0 Å². The van der Waals surface area contributed by atoms with E-state index in [-0.39, 0.29) is 0 Å². The van der Waals surface area contributed by atoms with Crippen molar-refractivity contribution in [1.82, 2.24) is 4.90 Å². The zero-order valence-corrected chi connectivity index (χ0v) is 13.2. The summed E-state index contributed by atoms with van der Waals surface area (Å²) in [5.41, 5.74) is 0. The first-order valence-corrected chi connectivity index (χ1v) is 8.58. The molecule has 1 aliphatic rings. The predicted octanol–water partition coefficient (Wildman–Crippen LogP) is 3.92. The molecule has 3 nitrogen and oxygen atoms in total. The molecular formula is C17H32NO2. The fourth-order valence-electron chi connectivity index (χ4n) is 3.09. The van der Waals surface area contributed by atoms with Gasteiger partial charge in [-0.1, -0.05) is 45.4 Å². The van der Waals surface area contributed by atoms with E-state index in [0.717, 1.165) is 12.3 Å². The second-order valence-corrected chi connectivity index (χ2v) is 6.13. The maximum Gasteiger partial charge on any atom is 0.417 e. The Labute approximate surface area is 125 Å². The second kappa shape index (κ2) is 12.2. The van der Waals surface area contributed by atoms with Crippen LogP contribution in [0.1, 0.15) is 71.1 Å². The molecule has 1 rings (SSSR count). The molecule has 1 saturated heterocycles. The largest absolute Gasteiger partial charge is 0.457 e. The van der Waals surface area contributed by atoms with Crippen LogP contribution in [0, 0.1) is 5.92 Å². The molecule has 0 atom stereocenters. The number of likely N-dealkylation sites (tertiary alicyclic amines) is 1. The van der Waals surface area contributed by atoms with Gasteiger partial charge in [0, 0.05) is 0 Å². The van der Waals surface area contributed by atoms with E-state index in [2.05, 4.69) is 16.6 Å². The minimum atomic E-state index is 0.541. The van der Waals surface area contributed by atoms with Crippen LogP contribution in [-0.2, 0) is 9.53 Å². The average Bonchev–Trinajstić information content (AvgIpc) is 2.49. The molecule has 0 N–H and O–H groups in total. The van der Waals surface area contributed by atoms with E-state index < -0.39 is 0 Å². The number of hydrogen-bond donors (Lipinski definition) is 0. The van der Waals surface area contributed by atoms with Crippen LogP contribution in [-0.4, -0.2) is 37.6 Å². The number of unbranched alkanes of at least 4 members (excludes halogenated alkanes) is 5. The van der Waals surface area contributed by atoms with Gasteiger partial charge in [0.15, 0.2) is 0 Å². The van der Waals surface area contributed by atoms with Crippen molar-refractivity contribution in [3.63, 3.8) is 0 Å². The normalized spacial score (nSPS) is 17.2. The molecule has 1 radical (unpaired) electrons. The maximum absolute atomic E-state index is 9.88. The topological polar surface area (TPSA) is 29.5 Å². The molecule has 1 aliphatic heterocycles. The van der Waals surface area contributed by atoms with Crippen LogP contribution in [0.25, 0.3) is 0 Å². The van der Waals surface area contributed by atoms with Crippen LogP contribution in [0.4, 0.5) is 0 Å². The summed E-state index contributed by atoms with van der Waals surface area (Å²) in [4.78, 5) is 12.5. The lowest BCUT2D eigenvalue weighted by Gasteiger charge is -2.32. The zero-order chi connectivity index (χ0) is 14.5. The molecule has 0 bridgehead atoms. The van der Waals surface area contributed by atoms with E-state index in [1.807, 2.05) is 0 Å². The van der Waals surface area contributed by atoms with Gasteiger partial charge in [0.25, 0.3) is 0 Å². The molecule has 0 aromatic rings. The number of ether oxygens (including phenoxy) is 1. The first kappa shape index (κ1) is 17.5. The van der Waals surface area contributed by atoms with Crippen LogP contribution in [0.5, 0.6) is 0 Å². The van der Waals surface area contributed by atoms with Crippen molar-refractivity contribution in [2.24, 2.45) is 5.92 Å². The number of carbonyl (C=O) groups excluding carboxylic acids is 1. The summed E-state index contributed by atoms with van der Waals surface area (Å²) < 4.78 is 4.58. The molecule has 0 unspecified atom stereocenters. The van der Waals surface area contributed by atoms with E-state index in [1.54, 1.807) is 0 Å². The fraction of sp³-hybridized carbons (Fsp3) is 0.941. The lowest BCUT2D eigenvalue weighted by molar-refractivity contribution is 0.173. The Morgan fingerprint density at radius 3 is 2.50 bits per heavy atom. The van der Waals surface area contributed by atoms with Crippen molar-refractivity contribution in [2.75, 3.05) is 26.2 Å². The fourth-order valence-corrected chi connectivity index (χ4v) is 3.09. The predicted molar refractivity (Wildman–Crippen MR) is 83.4 cm³/mol. The number of hydrogen-bond acceptors (Lipinski definition) is 3. The van der Waals surface area contributed by atoms with E-state index in [0.29, 0.717) is 6.61 Å². The molecular weight excluding hydrogens is 250 g/mol. The third-order valence-electron chi connectivity index (χ3n) is 4.45. The van der Waals surface area contributed by atoms with Crippen molar-refractivity contribution in [3.05, 3.63) is 0 Å². The van der Waals surface area contributed by atoms with Gasteiger partial charge in [0.1, 0.15) is 0 Å². The van der Waals surface area contributed by atoms with Crippen LogP contribution in [0.2, 0.25) is 0 Å². The summed E-state index contributed by atoms with van der Waals surface area (Å²) in [6.07, 6.45) is 13.1. The third-order valence-corrected chi connectivity index (χ3v) is 4.45. The Bertz CT molecular complexity index is 225. The first-order chi connectivity index (χ1) is 9.86. The van der Waals surface area contributed by atoms with Gasteiger partial charge in [0.05, 0.1) is 6.61 Å². The highest BCUT2D eigenvalue weighted by molar-refractivity contribution is 5.37. The van der Waals surface area contributed by atoms with Crippen molar-refractivity contribution >= 4 is 6.47 Å². The van der Waals surface area contributed by atoms with Gasteiger partial charge >= 0.3 is 6.47 Å². The summed E-state index contributed by atoms with van der Waals surface area (Å²) in [6, 6.07) is 0. The maximum atomic E-state index is 9.88. The van der Waals surface area contributed by atoms with Gasteiger partial charge in [0.2, 0.25) is 0 Å². The SMILES string of the molecule is CCCCCCN1CCC(CCCCCO[C]=O)CC1. The summed E-state index contributed by atoms with van der Waals surface area (Å²) in [6.45, 7) is 8.22. The molecule has 0 aromatic heterocycles. The summed E-state index contributed by atoms with van der Waals surface area (Å²) in [7, 11) is 0. The van der Waals surface area contributed by atoms with Gasteiger partial charge in [-0.2, -0.15) is 0 Å². The van der Waals surface area contributed by atoms with Crippen LogP contribution in [0.3, 0.4) is 0 Å². The zero-order valence-electron chi connectivity index (χ0n) is 13.2. The van der Waals surface area contributed by atoms with Crippen molar-refractivity contribution < 1.29 is 9.53 Å². The Morgan fingerprint density at radius 1 is 1.05 bits per heavy atom. The highest BCUT2D eigenvalue weighted by Gasteiger charge is 2.18. The molecule has 3 heteroatoms. The van der Waals surface area contributed by atoms with Crippen molar-refractivity contribution in [2.45, 2.75) is 71.1 Å². The second-order valence-electron chi connectivity index (χ2n) is 6.13. The molecule has 1 heterocycles. The van der Waals surface area contributed by atoms with E-state index >= 15 is 0 Å². The summed E-state index contributed by atoms with van der Waals surface area (Å²) >= 11 is 0. The molecule has 0 saturated carbocycles. The van der Waals surface area contributed by atoms with E-state index in [9.17, 15) is 4.79 Å².